The Kier molecular flexibility index (Phi) is 4.10. The first-order valence-corrected chi connectivity index (χ1v) is 2.57. The third-order valence-corrected chi connectivity index (χ3v) is 0.612. The van der Waals surface area contributed by atoms with Gasteiger partial charge < -0.3 is 0 Å². The van der Waals surface area contributed by atoms with Gasteiger partial charge in [0.1, 0.15) is 7.57 Å². The Balaban J connectivity index is 2.48. The highest BCUT2D eigenvalue weighted by Gasteiger charge is 1.60. The van der Waals surface area contributed by atoms with E-state index in [0.29, 0.717) is 8.46 Å². The van der Waals surface area contributed by atoms with Crippen LogP contribution in [0.4, 0.5) is 0 Å². The molecule has 2 radical (unpaired) electrons. The highest BCUT2D eigenvalue weighted by Crippen LogP contribution is 1.93. The topological polar surface area (TPSA) is 0 Å². The third kappa shape index (κ3) is 4.05. The van der Waals surface area contributed by atoms with Gasteiger partial charge in [-0.1, -0.05) is 0 Å². The van der Waals surface area contributed by atoms with E-state index in [1.54, 1.807) is 0 Å². The zero-order valence-corrected chi connectivity index (χ0v) is 3.86. The Labute approximate surface area is 35.5 Å². The van der Waals surface area contributed by atoms with Crippen molar-refractivity contribution in [1.29, 1.82) is 0 Å². The highest BCUT2D eigenvalue weighted by molar-refractivity contribution is 7.66. The molecule has 0 aromatic rings. The predicted molar refractivity (Wildman–Crippen MR) is 27.8 cm³/mol. The van der Waals surface area contributed by atoms with E-state index in [-0.39, 0.29) is 0 Å². The van der Waals surface area contributed by atoms with Crippen LogP contribution < -0.4 is 0 Å². The molecule has 0 heterocycles. The number of rotatable bonds is 1. The van der Waals surface area contributed by atoms with E-state index in [1.807, 2.05) is 0 Å². The van der Waals surface area contributed by atoms with Gasteiger partial charge in [0.2, 0.25) is 0 Å². The first-order chi connectivity index (χ1) is 2.41. The minimum atomic E-state index is 0.422. The molecule has 0 aliphatic heterocycles. The van der Waals surface area contributed by atoms with Crippen molar-refractivity contribution in [3.8, 4) is 12.3 Å². The lowest BCUT2D eigenvalue weighted by Gasteiger charge is -1.71. The molecule has 0 aromatic heterocycles. The van der Waals surface area contributed by atoms with Gasteiger partial charge in [-0.3, -0.25) is 0 Å². The zero-order chi connectivity index (χ0) is 4.12. The van der Waals surface area contributed by atoms with Crippen molar-refractivity contribution >= 4 is 16.0 Å². The smallest absolute Gasteiger partial charge is 0.105 e. The van der Waals surface area contributed by atoms with Crippen LogP contribution in [0.3, 0.4) is 0 Å². The first-order valence-electron chi connectivity index (χ1n) is 1.28. The van der Waals surface area contributed by atoms with Crippen molar-refractivity contribution in [3.63, 3.8) is 0 Å². The predicted octanol–water partition coefficient (Wildman–Crippen LogP) is 0.382. The summed E-state index contributed by atoms with van der Waals surface area (Å²) in [6.45, 7) is 0. The summed E-state index contributed by atoms with van der Waals surface area (Å²) in [4.78, 5) is 0. The molecule has 5 heavy (non-hydrogen) atoms. The second-order valence-corrected chi connectivity index (χ2v) is 1.35. The molecule has 0 spiro atoms. The third-order valence-electron chi connectivity index (χ3n) is 0.204. The van der Waals surface area contributed by atoms with Crippen LogP contribution in [0.25, 0.3) is 0 Å². The molecule has 24 valence electrons. The van der Waals surface area contributed by atoms with Gasteiger partial charge in [0.05, 0.1) is 0 Å². The van der Waals surface area contributed by atoms with E-state index >= 15 is 0 Å². The van der Waals surface area contributed by atoms with E-state index < -0.39 is 0 Å². The molecule has 1 unspecified atom stereocenters. The fourth-order valence-electron chi connectivity index (χ4n) is 0.0589. The highest BCUT2D eigenvalue weighted by atomic mass is 31.1. The zero-order valence-electron chi connectivity index (χ0n) is 2.86. The number of hydrogen-bond donors (Lipinski definition) is 0. The average molecular weight is 81.9 g/mol. The van der Waals surface area contributed by atoms with Crippen molar-refractivity contribution in [1.82, 2.24) is 0 Å². The normalized spacial score (nSPS) is 8.60. The summed E-state index contributed by atoms with van der Waals surface area (Å²) in [5.41, 5.74) is 0. The molecule has 2 heteroatoms. The fraction of sp³-hybridized carbons (Fsp3) is 0.333. The molecule has 0 rings (SSSR count). The van der Waals surface area contributed by atoms with Gasteiger partial charge in [0.15, 0.2) is 0 Å². The molecule has 0 amide bonds. The Morgan fingerprint density at radius 1 is 2.00 bits per heavy atom. The van der Waals surface area contributed by atoms with Crippen molar-refractivity contribution in [2.24, 2.45) is 0 Å². The molecule has 0 saturated heterocycles. The molecule has 0 aliphatic rings. The van der Waals surface area contributed by atoms with Crippen LogP contribution in [0.1, 0.15) is 0 Å². The summed E-state index contributed by atoms with van der Waals surface area (Å²) >= 11 is 0. The Morgan fingerprint density at radius 2 is 2.60 bits per heavy atom. The van der Waals surface area contributed by atoms with E-state index in [0.717, 1.165) is 6.16 Å². The standard InChI is InChI=1S/C3H4BP/c1-2-3-5-4/h1,5H,3H2. The van der Waals surface area contributed by atoms with Crippen molar-refractivity contribution in [2.45, 2.75) is 0 Å². The summed E-state index contributed by atoms with van der Waals surface area (Å²) in [5, 5.41) is 0. The minimum Gasteiger partial charge on any atom is -0.159 e. The second kappa shape index (κ2) is 4.05. The van der Waals surface area contributed by atoms with E-state index in [1.165, 1.54) is 0 Å². The maximum absolute atomic E-state index is 5.02. The van der Waals surface area contributed by atoms with Crippen molar-refractivity contribution in [2.75, 3.05) is 6.16 Å². The van der Waals surface area contributed by atoms with E-state index in [4.69, 9.17) is 14.0 Å². The maximum Gasteiger partial charge on any atom is 0.105 e. The van der Waals surface area contributed by atoms with Crippen LogP contribution in [0.2, 0.25) is 0 Å². The summed E-state index contributed by atoms with van der Waals surface area (Å²) in [6.07, 6.45) is 5.54. The molecule has 0 N–H and O–H groups in total. The summed E-state index contributed by atoms with van der Waals surface area (Å²) < 4.78 is 0. The average Bonchev–Trinajstić information content (AvgIpc) is 1.41. The van der Waals surface area contributed by atoms with Gasteiger partial charge in [-0.25, -0.2) is 0 Å². The number of hydrogen-bond acceptors (Lipinski definition) is 0. The van der Waals surface area contributed by atoms with Crippen LogP contribution in [-0.2, 0) is 0 Å². The van der Waals surface area contributed by atoms with Crippen molar-refractivity contribution < 1.29 is 0 Å². The fourth-order valence-corrected chi connectivity index (χ4v) is 0.177. The molecule has 0 bridgehead atoms. The quantitative estimate of drug-likeness (QED) is 0.243. The monoisotopic (exact) mass is 82.0 g/mol. The van der Waals surface area contributed by atoms with Crippen LogP contribution in [0, 0.1) is 12.3 Å². The second-order valence-electron chi connectivity index (χ2n) is 0.585. The molecule has 0 aliphatic carbocycles. The van der Waals surface area contributed by atoms with Crippen molar-refractivity contribution in [3.05, 3.63) is 0 Å². The van der Waals surface area contributed by atoms with Crippen LogP contribution in [-0.4, -0.2) is 13.7 Å². The summed E-state index contributed by atoms with van der Waals surface area (Å²) in [6, 6.07) is 0. The lowest BCUT2D eigenvalue weighted by atomic mass is 10.8. The first kappa shape index (κ1) is 5.05. The van der Waals surface area contributed by atoms with Crippen LogP contribution in [0.5, 0.6) is 0 Å². The minimum absolute atomic E-state index is 0.422. The summed E-state index contributed by atoms with van der Waals surface area (Å²) in [5.74, 6) is 2.40. The van der Waals surface area contributed by atoms with Crippen LogP contribution in [0.15, 0.2) is 0 Å². The number of terminal acetylenes is 1. The van der Waals surface area contributed by atoms with Gasteiger partial charge in [0, 0.05) is 6.16 Å². The lowest BCUT2D eigenvalue weighted by molar-refractivity contribution is 1.97. The van der Waals surface area contributed by atoms with Gasteiger partial charge in [0.25, 0.3) is 0 Å². The van der Waals surface area contributed by atoms with E-state index in [2.05, 4.69) is 5.92 Å². The van der Waals surface area contributed by atoms with Gasteiger partial charge >= 0.3 is 0 Å². The largest absolute Gasteiger partial charge is 0.159 e. The Morgan fingerprint density at radius 3 is 2.60 bits per heavy atom. The molecule has 0 saturated carbocycles. The molecule has 0 fully saturated rings. The van der Waals surface area contributed by atoms with Gasteiger partial charge in [-0.2, -0.15) is 8.46 Å². The molecule has 1 atom stereocenters. The van der Waals surface area contributed by atoms with E-state index in [9.17, 15) is 0 Å². The molecular weight excluding hydrogens is 77.8 g/mol. The van der Waals surface area contributed by atoms with Crippen LogP contribution >= 0.6 is 8.46 Å². The van der Waals surface area contributed by atoms with Gasteiger partial charge in [-0.05, 0) is 0 Å². The lowest BCUT2D eigenvalue weighted by Crippen LogP contribution is -1.57. The Bertz CT molecular complexity index is 45.3. The summed E-state index contributed by atoms with van der Waals surface area (Å²) in [7, 11) is 5.45. The molecular formula is C3H4BP. The maximum atomic E-state index is 5.02. The molecule has 0 aromatic carbocycles. The Hall–Kier alpha value is 0.0549. The SMILES string of the molecule is [B]PCC#C. The molecule has 0 nitrogen and oxygen atoms in total. The van der Waals surface area contributed by atoms with Gasteiger partial charge in [-0.15, -0.1) is 12.3 Å².